The van der Waals surface area contributed by atoms with Crippen molar-refractivity contribution in [2.24, 2.45) is 7.05 Å². The topological polar surface area (TPSA) is 29.9 Å². The van der Waals surface area contributed by atoms with Gasteiger partial charge in [-0.25, -0.2) is 0 Å². The first-order valence-electron chi connectivity index (χ1n) is 5.35. The molecule has 0 saturated carbocycles. The largest absolute Gasteiger partial charge is 0.377 e. The molecule has 1 heterocycles. The highest BCUT2D eigenvalue weighted by molar-refractivity contribution is 9.10. The molecule has 0 aliphatic heterocycles. The molecule has 0 saturated heterocycles. The number of anilines is 1. The van der Waals surface area contributed by atoms with E-state index in [0.29, 0.717) is 16.6 Å². The van der Waals surface area contributed by atoms with E-state index in [9.17, 15) is 0 Å². The van der Waals surface area contributed by atoms with E-state index in [1.807, 2.05) is 36.9 Å². The van der Waals surface area contributed by atoms with Crippen molar-refractivity contribution in [2.45, 2.75) is 13.5 Å². The number of hydrogen-bond acceptors (Lipinski definition) is 2. The molecule has 0 fully saturated rings. The van der Waals surface area contributed by atoms with Gasteiger partial charge in [-0.05, 0) is 25.1 Å². The van der Waals surface area contributed by atoms with Crippen molar-refractivity contribution in [1.29, 1.82) is 0 Å². The lowest BCUT2D eigenvalue weighted by molar-refractivity contribution is 0.713. The quantitative estimate of drug-likeness (QED) is 0.890. The van der Waals surface area contributed by atoms with Crippen molar-refractivity contribution >= 4 is 44.8 Å². The van der Waals surface area contributed by atoms with Crippen LogP contribution in [0, 0.1) is 6.92 Å². The fraction of sp³-hybridized carbons (Fsp3) is 0.250. The van der Waals surface area contributed by atoms with Gasteiger partial charge in [-0.15, -0.1) is 0 Å². The van der Waals surface area contributed by atoms with Gasteiger partial charge in [0.1, 0.15) is 0 Å². The number of hydrogen-bond donors (Lipinski definition) is 1. The molecule has 2 rings (SSSR count). The summed E-state index contributed by atoms with van der Waals surface area (Å²) in [6.45, 7) is 2.58. The summed E-state index contributed by atoms with van der Waals surface area (Å²) in [6.07, 6.45) is 0. The molecule has 0 unspecified atom stereocenters. The molecule has 0 atom stereocenters. The third kappa shape index (κ3) is 2.99. The minimum absolute atomic E-state index is 0.591. The molecule has 1 aromatic heterocycles. The van der Waals surface area contributed by atoms with Crippen LogP contribution in [0.25, 0.3) is 0 Å². The summed E-state index contributed by atoms with van der Waals surface area (Å²) >= 11 is 15.6. The Bertz CT molecular complexity index is 558. The van der Waals surface area contributed by atoms with Crippen LogP contribution < -0.4 is 5.32 Å². The van der Waals surface area contributed by atoms with Crippen LogP contribution in [0.4, 0.5) is 5.69 Å². The zero-order valence-electron chi connectivity index (χ0n) is 9.97. The molecule has 2 aromatic rings. The van der Waals surface area contributed by atoms with Gasteiger partial charge in [0.15, 0.2) is 0 Å². The number of benzene rings is 1. The second-order valence-electron chi connectivity index (χ2n) is 4.00. The molecule has 0 aliphatic carbocycles. The summed E-state index contributed by atoms with van der Waals surface area (Å²) in [5, 5.41) is 8.70. The number of nitrogens with one attached hydrogen (secondary N) is 1. The van der Waals surface area contributed by atoms with E-state index >= 15 is 0 Å². The Hall–Kier alpha value is -0.710. The smallest absolute Gasteiger partial charge is 0.0722 e. The number of aryl methyl sites for hydroxylation is 2. The maximum atomic E-state index is 6.15. The lowest BCUT2D eigenvalue weighted by Crippen LogP contribution is -2.06. The third-order valence-electron chi connectivity index (χ3n) is 2.55. The van der Waals surface area contributed by atoms with Crippen LogP contribution in [0.2, 0.25) is 10.0 Å². The minimum Gasteiger partial charge on any atom is -0.377 e. The fourth-order valence-corrected chi connectivity index (χ4v) is 3.06. The first-order chi connectivity index (χ1) is 8.47. The molecule has 3 nitrogen and oxygen atoms in total. The van der Waals surface area contributed by atoms with Gasteiger partial charge in [-0.3, -0.25) is 4.68 Å². The van der Waals surface area contributed by atoms with Gasteiger partial charge in [-0.2, -0.15) is 5.10 Å². The van der Waals surface area contributed by atoms with Gasteiger partial charge in [0.05, 0.1) is 33.7 Å². The Balaban J connectivity index is 2.18. The molecular weight excluding hydrogens is 337 g/mol. The van der Waals surface area contributed by atoms with Crippen LogP contribution in [0.15, 0.2) is 22.7 Å². The van der Waals surface area contributed by atoms with Crippen molar-refractivity contribution in [2.75, 3.05) is 5.32 Å². The average molecular weight is 349 g/mol. The average Bonchev–Trinajstić information content (AvgIpc) is 2.55. The number of rotatable bonds is 3. The highest BCUT2D eigenvalue weighted by atomic mass is 79.9. The number of aromatic nitrogens is 2. The Morgan fingerprint density at radius 3 is 2.39 bits per heavy atom. The van der Waals surface area contributed by atoms with E-state index in [2.05, 4.69) is 26.3 Å². The van der Waals surface area contributed by atoms with Crippen molar-refractivity contribution in [3.63, 3.8) is 0 Å². The van der Waals surface area contributed by atoms with Crippen molar-refractivity contribution in [3.05, 3.63) is 44.1 Å². The van der Waals surface area contributed by atoms with Crippen molar-refractivity contribution in [1.82, 2.24) is 9.78 Å². The van der Waals surface area contributed by atoms with Gasteiger partial charge in [-0.1, -0.05) is 39.1 Å². The maximum absolute atomic E-state index is 6.15. The lowest BCUT2D eigenvalue weighted by Gasteiger charge is -2.11. The lowest BCUT2D eigenvalue weighted by atomic mass is 10.3. The fourth-order valence-electron chi connectivity index (χ4n) is 1.72. The predicted molar refractivity (Wildman–Crippen MR) is 79.4 cm³/mol. The second kappa shape index (κ2) is 5.51. The molecule has 1 N–H and O–H groups in total. The minimum atomic E-state index is 0.591. The van der Waals surface area contributed by atoms with Crippen molar-refractivity contribution < 1.29 is 0 Å². The van der Waals surface area contributed by atoms with Crippen LogP contribution in [0.1, 0.15) is 11.4 Å². The summed E-state index contributed by atoms with van der Waals surface area (Å²) in [6, 6.07) is 5.64. The standard InChI is InChI=1S/C12H12BrCl2N3/c1-7-3-9(18(2)17-7)6-16-12-10(14)4-8(13)5-11(12)15/h3-5,16H,6H2,1-2H3. The van der Waals surface area contributed by atoms with Crippen LogP contribution in [-0.2, 0) is 13.6 Å². The zero-order chi connectivity index (χ0) is 13.3. The van der Waals surface area contributed by atoms with Gasteiger partial charge < -0.3 is 5.32 Å². The van der Waals surface area contributed by atoms with Gasteiger partial charge in [0, 0.05) is 11.5 Å². The normalized spacial score (nSPS) is 10.7. The SMILES string of the molecule is Cc1cc(CNc2c(Cl)cc(Br)cc2Cl)n(C)n1. The van der Waals surface area contributed by atoms with E-state index in [1.165, 1.54) is 0 Å². The van der Waals surface area contributed by atoms with Gasteiger partial charge in [0.25, 0.3) is 0 Å². The van der Waals surface area contributed by atoms with E-state index in [1.54, 1.807) is 0 Å². The predicted octanol–water partition coefficient (Wildman–Crippen LogP) is 4.41. The molecule has 18 heavy (non-hydrogen) atoms. The first kappa shape index (κ1) is 13.7. The van der Waals surface area contributed by atoms with Crippen molar-refractivity contribution in [3.8, 4) is 0 Å². The maximum Gasteiger partial charge on any atom is 0.0722 e. The summed E-state index contributed by atoms with van der Waals surface area (Å²) in [5.41, 5.74) is 2.80. The highest BCUT2D eigenvalue weighted by Gasteiger charge is 2.08. The highest BCUT2D eigenvalue weighted by Crippen LogP contribution is 2.34. The molecule has 96 valence electrons. The number of halogens is 3. The van der Waals surface area contributed by atoms with E-state index in [4.69, 9.17) is 23.2 Å². The molecular formula is C12H12BrCl2N3. The van der Waals surface area contributed by atoms with Gasteiger partial charge >= 0.3 is 0 Å². The summed E-state index contributed by atoms with van der Waals surface area (Å²) in [7, 11) is 1.91. The summed E-state index contributed by atoms with van der Waals surface area (Å²) in [4.78, 5) is 0. The zero-order valence-corrected chi connectivity index (χ0v) is 13.1. The number of nitrogens with zero attached hydrogens (tertiary/aromatic N) is 2. The third-order valence-corrected chi connectivity index (χ3v) is 3.61. The van der Waals surface area contributed by atoms with E-state index in [0.717, 1.165) is 21.5 Å². The molecule has 1 aromatic carbocycles. The summed E-state index contributed by atoms with van der Waals surface area (Å²) < 4.78 is 2.70. The van der Waals surface area contributed by atoms with Crippen LogP contribution in [-0.4, -0.2) is 9.78 Å². The van der Waals surface area contributed by atoms with E-state index < -0.39 is 0 Å². The molecule has 0 spiro atoms. The molecule has 0 amide bonds. The Labute approximate surface area is 124 Å². The molecule has 6 heteroatoms. The van der Waals surface area contributed by atoms with Gasteiger partial charge in [0.2, 0.25) is 0 Å². The Kier molecular flexibility index (Phi) is 4.20. The van der Waals surface area contributed by atoms with Crippen LogP contribution in [0.3, 0.4) is 0 Å². The summed E-state index contributed by atoms with van der Waals surface area (Å²) in [5.74, 6) is 0. The molecule has 0 bridgehead atoms. The second-order valence-corrected chi connectivity index (χ2v) is 5.73. The molecule has 0 aliphatic rings. The monoisotopic (exact) mass is 347 g/mol. The Morgan fingerprint density at radius 1 is 1.28 bits per heavy atom. The van der Waals surface area contributed by atoms with E-state index in [-0.39, 0.29) is 0 Å². The van der Waals surface area contributed by atoms with Crippen LogP contribution >= 0.6 is 39.1 Å². The Morgan fingerprint density at radius 2 is 1.89 bits per heavy atom. The molecule has 0 radical (unpaired) electrons. The van der Waals surface area contributed by atoms with Crippen LogP contribution in [0.5, 0.6) is 0 Å². The first-order valence-corrected chi connectivity index (χ1v) is 6.90.